The van der Waals surface area contributed by atoms with Gasteiger partial charge in [0.15, 0.2) is 11.5 Å². The smallest absolute Gasteiger partial charge is 0.234 e. The first-order valence-electron chi connectivity index (χ1n) is 10.1. The van der Waals surface area contributed by atoms with Crippen molar-refractivity contribution in [2.75, 3.05) is 14.2 Å². The van der Waals surface area contributed by atoms with E-state index in [0.29, 0.717) is 31.1 Å². The van der Waals surface area contributed by atoms with Gasteiger partial charge in [0.25, 0.3) is 0 Å². The van der Waals surface area contributed by atoms with Gasteiger partial charge >= 0.3 is 0 Å². The Bertz CT molecular complexity index is 992. The first-order valence-corrected chi connectivity index (χ1v) is 10.1. The van der Waals surface area contributed by atoms with Crippen LogP contribution in [0.3, 0.4) is 0 Å². The Morgan fingerprint density at radius 2 is 1.65 bits per heavy atom. The predicted octanol–water partition coefficient (Wildman–Crippen LogP) is 3.47. The van der Waals surface area contributed by atoms with Crippen molar-refractivity contribution in [2.24, 2.45) is 5.73 Å². The highest BCUT2D eigenvalue weighted by Crippen LogP contribution is 2.29. The highest BCUT2D eigenvalue weighted by Gasteiger charge is 2.16. The summed E-state index contributed by atoms with van der Waals surface area (Å²) in [5.74, 6) is 1.67. The van der Waals surface area contributed by atoms with E-state index < -0.39 is 6.04 Å². The molecule has 0 aromatic heterocycles. The zero-order valence-corrected chi connectivity index (χ0v) is 17.8. The number of amides is 1. The van der Waals surface area contributed by atoms with Gasteiger partial charge in [-0.1, -0.05) is 48.5 Å². The summed E-state index contributed by atoms with van der Waals surface area (Å²) in [6.07, 6.45) is 0.537. The number of rotatable bonds is 11. The molecule has 0 aliphatic rings. The van der Waals surface area contributed by atoms with Crippen LogP contribution in [0.5, 0.6) is 17.2 Å². The molecule has 31 heavy (non-hydrogen) atoms. The van der Waals surface area contributed by atoms with E-state index in [-0.39, 0.29) is 5.91 Å². The van der Waals surface area contributed by atoms with Crippen LogP contribution >= 0.6 is 0 Å². The Hall–Kier alpha value is -3.51. The molecule has 3 aromatic rings. The summed E-state index contributed by atoms with van der Waals surface area (Å²) in [5.41, 5.74) is 8.60. The molecule has 6 heteroatoms. The predicted molar refractivity (Wildman–Crippen MR) is 120 cm³/mol. The van der Waals surface area contributed by atoms with E-state index in [2.05, 4.69) is 5.32 Å². The first-order chi connectivity index (χ1) is 15.1. The monoisotopic (exact) mass is 420 g/mol. The van der Waals surface area contributed by atoms with Crippen molar-refractivity contribution in [3.8, 4) is 17.2 Å². The van der Waals surface area contributed by atoms with Crippen LogP contribution in [0.4, 0.5) is 0 Å². The number of nitrogens with one attached hydrogen (secondary N) is 1. The van der Waals surface area contributed by atoms with Gasteiger partial charge in [-0.05, 0) is 47.4 Å². The molecule has 0 heterocycles. The maximum Gasteiger partial charge on any atom is 0.234 e. The lowest BCUT2D eigenvalue weighted by Crippen LogP contribution is -2.42. The molecule has 1 atom stereocenters. The van der Waals surface area contributed by atoms with Gasteiger partial charge in [-0.15, -0.1) is 0 Å². The molecule has 162 valence electrons. The van der Waals surface area contributed by atoms with E-state index in [0.717, 1.165) is 22.4 Å². The van der Waals surface area contributed by atoms with Gasteiger partial charge < -0.3 is 25.3 Å². The number of carbonyl (C=O) groups excluding carboxylic acids is 1. The molecule has 3 N–H and O–H groups in total. The molecular formula is C25H28N2O4. The summed E-state index contributed by atoms with van der Waals surface area (Å²) in [6, 6.07) is 22.8. The van der Waals surface area contributed by atoms with Crippen LogP contribution in [0, 0.1) is 0 Å². The van der Waals surface area contributed by atoms with E-state index in [1.807, 2.05) is 72.8 Å². The summed E-state index contributed by atoms with van der Waals surface area (Å²) < 4.78 is 16.7. The normalized spacial score (nSPS) is 11.5. The quantitative estimate of drug-likeness (QED) is 0.496. The van der Waals surface area contributed by atoms with Crippen LogP contribution < -0.4 is 25.3 Å². The van der Waals surface area contributed by atoms with E-state index >= 15 is 0 Å². The summed E-state index contributed by atoms with van der Waals surface area (Å²) >= 11 is 0. The van der Waals surface area contributed by atoms with Gasteiger partial charge in [0.05, 0.1) is 20.3 Å². The number of primary amides is 1. The van der Waals surface area contributed by atoms with Crippen LogP contribution in [0.2, 0.25) is 0 Å². The number of nitrogens with two attached hydrogens (primary N) is 1. The maximum absolute atomic E-state index is 11.9. The highest BCUT2D eigenvalue weighted by atomic mass is 16.5. The second-order valence-corrected chi connectivity index (χ2v) is 7.15. The molecule has 0 bridgehead atoms. The Balaban J connectivity index is 1.62. The van der Waals surface area contributed by atoms with Crippen LogP contribution in [0.15, 0.2) is 72.8 Å². The highest BCUT2D eigenvalue weighted by molar-refractivity contribution is 5.80. The largest absolute Gasteiger partial charge is 0.497 e. The Morgan fingerprint density at radius 3 is 2.35 bits per heavy atom. The molecule has 0 fully saturated rings. The summed E-state index contributed by atoms with van der Waals surface area (Å²) in [4.78, 5) is 11.9. The molecule has 0 spiro atoms. The van der Waals surface area contributed by atoms with Crippen LogP contribution in [-0.4, -0.2) is 26.2 Å². The van der Waals surface area contributed by atoms with Crippen LogP contribution in [-0.2, 0) is 24.4 Å². The number of benzene rings is 3. The molecule has 6 nitrogen and oxygen atoms in total. The lowest BCUT2D eigenvalue weighted by Gasteiger charge is -2.17. The topological polar surface area (TPSA) is 82.8 Å². The average Bonchev–Trinajstić information content (AvgIpc) is 2.81. The summed E-state index contributed by atoms with van der Waals surface area (Å²) in [6.45, 7) is 0.874. The molecular weight excluding hydrogens is 392 g/mol. The van der Waals surface area contributed by atoms with E-state index in [4.69, 9.17) is 19.9 Å². The number of carbonyl (C=O) groups is 1. The van der Waals surface area contributed by atoms with Crippen LogP contribution in [0.1, 0.15) is 16.7 Å². The fraction of sp³-hybridized carbons (Fsp3) is 0.240. The molecule has 0 aliphatic carbocycles. The Morgan fingerprint density at radius 1 is 0.871 bits per heavy atom. The zero-order valence-electron chi connectivity index (χ0n) is 17.8. The first kappa shape index (κ1) is 22.2. The lowest BCUT2D eigenvalue weighted by molar-refractivity contribution is -0.120. The maximum atomic E-state index is 11.9. The van der Waals surface area contributed by atoms with Crippen molar-refractivity contribution in [3.05, 3.63) is 89.5 Å². The number of hydrogen-bond donors (Lipinski definition) is 2. The molecule has 3 aromatic carbocycles. The minimum atomic E-state index is -0.461. The van der Waals surface area contributed by atoms with E-state index in [9.17, 15) is 4.79 Å². The van der Waals surface area contributed by atoms with Crippen molar-refractivity contribution in [1.29, 1.82) is 0 Å². The van der Waals surface area contributed by atoms with Gasteiger partial charge in [0.2, 0.25) is 5.91 Å². The Labute approximate surface area is 182 Å². The SMILES string of the molecule is COc1cccc(COc2ccc(CN[C@@H](Cc3ccccc3)C(N)=O)cc2OC)c1. The fourth-order valence-electron chi connectivity index (χ4n) is 3.23. The van der Waals surface area contributed by atoms with Gasteiger partial charge in [-0.25, -0.2) is 0 Å². The zero-order chi connectivity index (χ0) is 22.1. The van der Waals surface area contributed by atoms with E-state index in [1.54, 1.807) is 14.2 Å². The van der Waals surface area contributed by atoms with Crippen molar-refractivity contribution in [3.63, 3.8) is 0 Å². The number of methoxy groups -OCH3 is 2. The molecule has 0 radical (unpaired) electrons. The van der Waals surface area contributed by atoms with Crippen molar-refractivity contribution in [2.45, 2.75) is 25.6 Å². The third kappa shape index (κ3) is 6.49. The van der Waals surface area contributed by atoms with Gasteiger partial charge in [0, 0.05) is 6.54 Å². The molecule has 0 saturated heterocycles. The van der Waals surface area contributed by atoms with Crippen molar-refractivity contribution < 1.29 is 19.0 Å². The lowest BCUT2D eigenvalue weighted by atomic mass is 10.1. The van der Waals surface area contributed by atoms with E-state index in [1.165, 1.54) is 0 Å². The molecule has 0 unspecified atom stereocenters. The average molecular weight is 421 g/mol. The minimum absolute atomic E-state index is 0.380. The molecule has 0 saturated carbocycles. The number of hydrogen-bond acceptors (Lipinski definition) is 5. The van der Waals surface area contributed by atoms with Gasteiger partial charge in [-0.3, -0.25) is 4.79 Å². The van der Waals surface area contributed by atoms with Crippen molar-refractivity contribution in [1.82, 2.24) is 5.32 Å². The molecule has 3 rings (SSSR count). The third-order valence-electron chi connectivity index (χ3n) is 4.94. The second kappa shape index (κ2) is 11.0. The summed E-state index contributed by atoms with van der Waals surface area (Å²) in [7, 11) is 3.24. The minimum Gasteiger partial charge on any atom is -0.497 e. The van der Waals surface area contributed by atoms with Crippen LogP contribution in [0.25, 0.3) is 0 Å². The summed E-state index contributed by atoms with van der Waals surface area (Å²) in [5, 5.41) is 3.24. The molecule has 0 aliphatic heterocycles. The van der Waals surface area contributed by atoms with Gasteiger partial charge in [-0.2, -0.15) is 0 Å². The number of ether oxygens (including phenoxy) is 3. The third-order valence-corrected chi connectivity index (χ3v) is 4.94. The van der Waals surface area contributed by atoms with Gasteiger partial charge in [0.1, 0.15) is 12.4 Å². The molecule has 1 amide bonds. The second-order valence-electron chi connectivity index (χ2n) is 7.15. The fourth-order valence-corrected chi connectivity index (χ4v) is 3.23. The standard InChI is InChI=1S/C25H28N2O4/c1-29-21-10-6-9-20(13-21)17-31-23-12-11-19(15-24(23)30-2)16-27-22(25(26)28)14-18-7-4-3-5-8-18/h3-13,15,22,27H,14,16-17H2,1-2H3,(H2,26,28)/t22-/m0/s1. The van der Waals surface area contributed by atoms with Crippen molar-refractivity contribution >= 4 is 5.91 Å². The Kier molecular flexibility index (Phi) is 7.90.